The Bertz CT molecular complexity index is 816. The fourth-order valence-electron chi connectivity index (χ4n) is 3.10. The molecule has 3 heterocycles. The van der Waals surface area contributed by atoms with Gasteiger partial charge in [-0.25, -0.2) is 0 Å². The van der Waals surface area contributed by atoms with Crippen LogP contribution < -0.4 is 0 Å². The van der Waals surface area contributed by atoms with Crippen molar-refractivity contribution in [3.05, 3.63) is 63.8 Å². The molecule has 0 saturated heterocycles. The standard InChI is InChI=1S/C19H21N3O3S/c1-21(2)9-5-10-22-16(13-6-3-8-20-12-13)15(18(24)19(22)25)17(23)14-7-4-11-26-14/h3-4,6-8,11-12,16,24H,5,9-10H2,1-2H3/t16-/m0/s1. The molecular weight excluding hydrogens is 350 g/mol. The molecule has 3 rings (SSSR count). The number of rotatable bonds is 7. The zero-order valence-corrected chi connectivity index (χ0v) is 15.6. The molecule has 1 aliphatic rings. The lowest BCUT2D eigenvalue weighted by atomic mass is 9.96. The first-order valence-electron chi connectivity index (χ1n) is 8.37. The third kappa shape index (κ3) is 3.54. The van der Waals surface area contributed by atoms with E-state index < -0.39 is 17.7 Å². The van der Waals surface area contributed by atoms with Crippen molar-refractivity contribution in [3.8, 4) is 0 Å². The van der Waals surface area contributed by atoms with Gasteiger partial charge in [-0.2, -0.15) is 0 Å². The van der Waals surface area contributed by atoms with Gasteiger partial charge in [0, 0.05) is 18.9 Å². The molecular formula is C19H21N3O3S. The lowest BCUT2D eigenvalue weighted by Crippen LogP contribution is -2.33. The number of aliphatic hydroxyl groups is 1. The van der Waals surface area contributed by atoms with E-state index in [-0.39, 0.29) is 11.4 Å². The molecule has 2 aromatic heterocycles. The lowest BCUT2D eigenvalue weighted by Gasteiger charge is -2.27. The van der Waals surface area contributed by atoms with Crippen LogP contribution >= 0.6 is 11.3 Å². The summed E-state index contributed by atoms with van der Waals surface area (Å²) in [5.41, 5.74) is 0.852. The first-order chi connectivity index (χ1) is 12.5. The van der Waals surface area contributed by atoms with Crippen LogP contribution in [0.2, 0.25) is 0 Å². The summed E-state index contributed by atoms with van der Waals surface area (Å²) < 4.78 is 0. The highest BCUT2D eigenvalue weighted by Gasteiger charge is 2.43. The maximum absolute atomic E-state index is 13.0. The molecule has 0 unspecified atom stereocenters. The smallest absolute Gasteiger partial charge is 0.290 e. The highest BCUT2D eigenvalue weighted by Crippen LogP contribution is 2.39. The van der Waals surface area contributed by atoms with Crippen molar-refractivity contribution < 1.29 is 14.7 Å². The number of aliphatic hydroxyl groups excluding tert-OH is 1. The van der Waals surface area contributed by atoms with Crippen LogP contribution in [0.4, 0.5) is 0 Å². The van der Waals surface area contributed by atoms with Gasteiger partial charge in [0.25, 0.3) is 5.91 Å². The summed E-state index contributed by atoms with van der Waals surface area (Å²) in [7, 11) is 3.93. The van der Waals surface area contributed by atoms with Crippen LogP contribution in [0.15, 0.2) is 53.4 Å². The molecule has 6 nitrogen and oxygen atoms in total. The van der Waals surface area contributed by atoms with Crippen LogP contribution in [0.5, 0.6) is 0 Å². The maximum Gasteiger partial charge on any atom is 0.290 e. The molecule has 1 amide bonds. The van der Waals surface area contributed by atoms with Gasteiger partial charge in [-0.1, -0.05) is 12.1 Å². The Hall–Kier alpha value is -2.51. The van der Waals surface area contributed by atoms with E-state index in [0.29, 0.717) is 11.4 Å². The first kappa shape index (κ1) is 18.3. The number of carbonyl (C=O) groups is 2. The highest BCUT2D eigenvalue weighted by molar-refractivity contribution is 7.12. The van der Waals surface area contributed by atoms with Crippen molar-refractivity contribution in [1.29, 1.82) is 0 Å². The van der Waals surface area contributed by atoms with Gasteiger partial charge in [0.15, 0.2) is 5.76 Å². The van der Waals surface area contributed by atoms with Gasteiger partial charge < -0.3 is 14.9 Å². The molecule has 1 atom stereocenters. The summed E-state index contributed by atoms with van der Waals surface area (Å²) in [6.07, 6.45) is 4.02. The number of Topliss-reactive ketones (excluding diaryl/α,β-unsaturated/α-hetero) is 1. The zero-order chi connectivity index (χ0) is 18.7. The van der Waals surface area contributed by atoms with Gasteiger partial charge >= 0.3 is 0 Å². The first-order valence-corrected chi connectivity index (χ1v) is 9.25. The molecule has 0 aliphatic carbocycles. The lowest BCUT2D eigenvalue weighted by molar-refractivity contribution is -0.129. The van der Waals surface area contributed by atoms with E-state index in [4.69, 9.17) is 0 Å². The number of carbonyl (C=O) groups excluding carboxylic acids is 2. The second kappa shape index (κ2) is 7.80. The summed E-state index contributed by atoms with van der Waals surface area (Å²) in [6, 6.07) is 6.45. The Morgan fingerprint density at radius 3 is 2.77 bits per heavy atom. The SMILES string of the molecule is CN(C)CCCN1C(=O)C(O)=C(C(=O)c2cccs2)[C@@H]1c1cccnc1. The molecule has 1 N–H and O–H groups in total. The summed E-state index contributed by atoms with van der Waals surface area (Å²) >= 11 is 1.29. The monoisotopic (exact) mass is 371 g/mol. The summed E-state index contributed by atoms with van der Waals surface area (Å²) in [4.78, 5) is 33.9. The van der Waals surface area contributed by atoms with Crippen LogP contribution in [0, 0.1) is 0 Å². The number of hydrogen-bond donors (Lipinski definition) is 1. The van der Waals surface area contributed by atoms with Crippen molar-refractivity contribution in [2.75, 3.05) is 27.2 Å². The number of aromatic nitrogens is 1. The van der Waals surface area contributed by atoms with Gasteiger partial charge in [-0.05, 0) is 50.1 Å². The number of thiophene rings is 1. The van der Waals surface area contributed by atoms with Gasteiger partial charge in [-0.3, -0.25) is 14.6 Å². The van der Waals surface area contributed by atoms with Crippen molar-refractivity contribution in [1.82, 2.24) is 14.8 Å². The second-order valence-corrected chi connectivity index (χ2v) is 7.36. The minimum absolute atomic E-state index is 0.135. The Kier molecular flexibility index (Phi) is 5.49. The third-order valence-corrected chi connectivity index (χ3v) is 5.17. The minimum Gasteiger partial charge on any atom is -0.503 e. The quantitative estimate of drug-likeness (QED) is 0.758. The summed E-state index contributed by atoms with van der Waals surface area (Å²) in [6.45, 7) is 1.25. The topological polar surface area (TPSA) is 73.7 Å². The number of nitrogens with zero attached hydrogens (tertiary/aromatic N) is 3. The number of amides is 1. The Morgan fingerprint density at radius 1 is 1.35 bits per heavy atom. The van der Waals surface area contributed by atoms with Gasteiger partial charge in [0.1, 0.15) is 0 Å². The van der Waals surface area contributed by atoms with E-state index in [0.717, 1.165) is 18.5 Å². The van der Waals surface area contributed by atoms with Gasteiger partial charge in [0.2, 0.25) is 5.78 Å². The molecule has 0 fully saturated rings. The minimum atomic E-state index is -0.618. The van der Waals surface area contributed by atoms with Crippen LogP contribution in [-0.4, -0.2) is 58.8 Å². The molecule has 0 saturated carbocycles. The van der Waals surface area contributed by atoms with Gasteiger partial charge in [-0.15, -0.1) is 11.3 Å². The van der Waals surface area contributed by atoms with E-state index in [9.17, 15) is 14.7 Å². The molecule has 0 spiro atoms. The molecule has 7 heteroatoms. The molecule has 0 aromatic carbocycles. The predicted octanol–water partition coefficient (Wildman–Crippen LogP) is 2.67. The average Bonchev–Trinajstić information content (AvgIpc) is 3.24. The maximum atomic E-state index is 13.0. The van der Waals surface area contributed by atoms with E-state index in [2.05, 4.69) is 4.98 Å². The van der Waals surface area contributed by atoms with Crippen LogP contribution in [0.1, 0.15) is 27.7 Å². The number of ketones is 1. The summed E-state index contributed by atoms with van der Waals surface area (Å²) in [5.74, 6) is -1.27. The van der Waals surface area contributed by atoms with E-state index in [1.807, 2.05) is 25.1 Å². The zero-order valence-electron chi connectivity index (χ0n) is 14.8. The predicted molar refractivity (Wildman–Crippen MR) is 100 cm³/mol. The molecule has 2 aromatic rings. The molecule has 0 radical (unpaired) electrons. The largest absolute Gasteiger partial charge is 0.503 e. The molecule has 136 valence electrons. The van der Waals surface area contributed by atoms with Crippen molar-refractivity contribution in [2.45, 2.75) is 12.5 Å². The molecule has 0 bridgehead atoms. The van der Waals surface area contributed by atoms with Crippen LogP contribution in [-0.2, 0) is 4.79 Å². The van der Waals surface area contributed by atoms with Crippen molar-refractivity contribution in [3.63, 3.8) is 0 Å². The number of pyridine rings is 1. The Balaban J connectivity index is 1.97. The van der Waals surface area contributed by atoms with Crippen molar-refractivity contribution in [2.24, 2.45) is 0 Å². The van der Waals surface area contributed by atoms with Crippen molar-refractivity contribution >= 4 is 23.0 Å². The fraction of sp³-hybridized carbons (Fsp3) is 0.316. The van der Waals surface area contributed by atoms with Crippen LogP contribution in [0.3, 0.4) is 0 Å². The number of hydrogen-bond acceptors (Lipinski definition) is 6. The Labute approximate surface area is 156 Å². The fourth-order valence-corrected chi connectivity index (χ4v) is 3.78. The second-order valence-electron chi connectivity index (χ2n) is 6.41. The Morgan fingerprint density at radius 2 is 2.15 bits per heavy atom. The third-order valence-electron chi connectivity index (χ3n) is 4.30. The normalized spacial score (nSPS) is 17.4. The summed E-state index contributed by atoms with van der Waals surface area (Å²) in [5, 5.41) is 12.3. The van der Waals surface area contributed by atoms with Crippen LogP contribution in [0.25, 0.3) is 0 Å². The van der Waals surface area contributed by atoms with E-state index in [1.54, 1.807) is 40.9 Å². The van der Waals surface area contributed by atoms with E-state index in [1.165, 1.54) is 11.3 Å². The molecule has 1 aliphatic heterocycles. The molecule has 26 heavy (non-hydrogen) atoms. The van der Waals surface area contributed by atoms with E-state index >= 15 is 0 Å². The highest BCUT2D eigenvalue weighted by atomic mass is 32.1. The average molecular weight is 371 g/mol. The van der Waals surface area contributed by atoms with Gasteiger partial charge in [0.05, 0.1) is 16.5 Å².